The molecule has 126 valence electrons. The van der Waals surface area contributed by atoms with Crippen molar-refractivity contribution in [3.8, 4) is 0 Å². The van der Waals surface area contributed by atoms with Crippen LogP contribution in [-0.4, -0.2) is 25.1 Å². The van der Waals surface area contributed by atoms with Crippen LogP contribution >= 0.6 is 0 Å². The average Bonchev–Trinajstić information content (AvgIpc) is 3.05. The van der Waals surface area contributed by atoms with Gasteiger partial charge < -0.3 is 4.74 Å². The normalized spacial score (nSPS) is 29.8. The second-order valence-electron chi connectivity index (χ2n) is 7.47. The summed E-state index contributed by atoms with van der Waals surface area (Å²) in [7, 11) is 1.75. The Kier molecular flexibility index (Phi) is 4.60. The van der Waals surface area contributed by atoms with Gasteiger partial charge in [0.25, 0.3) is 0 Å². The number of nitrogens with zero attached hydrogens (tertiary/aromatic N) is 1. The average molecular weight is 321 g/mol. The van der Waals surface area contributed by atoms with Crippen LogP contribution in [0, 0.1) is 17.8 Å². The summed E-state index contributed by atoms with van der Waals surface area (Å²) in [6.07, 6.45) is 9.44. The number of hydrogen-bond acceptors (Lipinski definition) is 2. The van der Waals surface area contributed by atoms with Crippen molar-refractivity contribution in [3.63, 3.8) is 0 Å². The molecule has 1 heterocycles. The fraction of sp³-hybridized carbons (Fsp3) is 0.500. The topological polar surface area (TPSA) is 12.5 Å². The fourth-order valence-electron chi connectivity index (χ4n) is 4.87. The minimum absolute atomic E-state index is 0.694. The lowest BCUT2D eigenvalue weighted by Crippen LogP contribution is -2.28. The van der Waals surface area contributed by atoms with E-state index in [-0.39, 0.29) is 0 Å². The number of benzene rings is 1. The van der Waals surface area contributed by atoms with E-state index < -0.39 is 0 Å². The van der Waals surface area contributed by atoms with Gasteiger partial charge in [-0.2, -0.15) is 0 Å². The van der Waals surface area contributed by atoms with Gasteiger partial charge in [0.05, 0.1) is 7.11 Å². The zero-order valence-corrected chi connectivity index (χ0v) is 14.6. The molecule has 4 rings (SSSR count). The monoisotopic (exact) mass is 321 g/mol. The number of hydrogen-bond donors (Lipinski definition) is 0. The summed E-state index contributed by atoms with van der Waals surface area (Å²) in [5, 5.41) is 0. The van der Waals surface area contributed by atoms with Gasteiger partial charge in [0.15, 0.2) is 5.76 Å². The first-order chi connectivity index (χ1) is 11.8. The van der Waals surface area contributed by atoms with Gasteiger partial charge in [-0.05, 0) is 54.2 Å². The molecule has 3 aliphatic rings. The highest BCUT2D eigenvalue weighted by molar-refractivity contribution is 5.26. The molecule has 0 spiro atoms. The van der Waals surface area contributed by atoms with Gasteiger partial charge in [-0.3, -0.25) is 4.90 Å². The molecule has 1 saturated heterocycles. The maximum absolute atomic E-state index is 5.41. The van der Waals surface area contributed by atoms with Crippen LogP contribution in [0.5, 0.6) is 0 Å². The molecule has 1 saturated carbocycles. The van der Waals surface area contributed by atoms with Crippen LogP contribution in [0.15, 0.2) is 59.5 Å². The van der Waals surface area contributed by atoms with Crippen molar-refractivity contribution in [2.75, 3.05) is 20.2 Å². The molecule has 0 bridgehead atoms. The molecule has 0 aromatic heterocycles. The molecule has 3 atom stereocenters. The molecule has 2 aliphatic carbocycles. The van der Waals surface area contributed by atoms with Crippen molar-refractivity contribution in [1.82, 2.24) is 4.90 Å². The molecular weight excluding hydrogens is 294 g/mol. The molecule has 0 radical (unpaired) electrons. The Labute approximate surface area is 145 Å². The van der Waals surface area contributed by atoms with E-state index >= 15 is 0 Å². The van der Waals surface area contributed by atoms with Gasteiger partial charge >= 0.3 is 0 Å². The van der Waals surface area contributed by atoms with Gasteiger partial charge in [-0.1, -0.05) is 48.6 Å². The van der Waals surface area contributed by atoms with Gasteiger partial charge in [-0.15, -0.1) is 0 Å². The van der Waals surface area contributed by atoms with Crippen molar-refractivity contribution in [2.24, 2.45) is 17.8 Å². The summed E-state index contributed by atoms with van der Waals surface area (Å²) in [6.45, 7) is 3.60. The molecular formula is C22H27NO. The lowest BCUT2D eigenvalue weighted by atomic mass is 9.70. The molecule has 1 aromatic rings. The third-order valence-electron chi connectivity index (χ3n) is 5.98. The van der Waals surface area contributed by atoms with E-state index in [2.05, 4.69) is 53.1 Å². The van der Waals surface area contributed by atoms with Crippen LogP contribution in [0.2, 0.25) is 0 Å². The summed E-state index contributed by atoms with van der Waals surface area (Å²) >= 11 is 0. The molecule has 0 amide bonds. The molecule has 1 aromatic carbocycles. The smallest absolute Gasteiger partial charge is 0.161 e. The lowest BCUT2D eigenvalue weighted by Gasteiger charge is -2.34. The third-order valence-corrected chi connectivity index (χ3v) is 5.98. The summed E-state index contributed by atoms with van der Waals surface area (Å²) in [4.78, 5) is 2.67. The predicted octanol–water partition coefficient (Wildman–Crippen LogP) is 4.55. The second-order valence-corrected chi connectivity index (χ2v) is 7.47. The minimum Gasteiger partial charge on any atom is -0.489 e. The van der Waals surface area contributed by atoms with Crippen LogP contribution in [0.3, 0.4) is 0 Å². The number of allylic oxidation sites excluding steroid dienone is 2. The zero-order valence-electron chi connectivity index (χ0n) is 14.6. The van der Waals surface area contributed by atoms with Crippen LogP contribution < -0.4 is 0 Å². The van der Waals surface area contributed by atoms with Crippen molar-refractivity contribution in [1.29, 1.82) is 0 Å². The van der Waals surface area contributed by atoms with Gasteiger partial charge in [0.1, 0.15) is 0 Å². The highest BCUT2D eigenvalue weighted by Crippen LogP contribution is 2.44. The Hall–Kier alpha value is -1.76. The number of fused-ring (bicyclic) bond motifs is 1. The number of likely N-dealkylation sites (tertiary alicyclic amines) is 1. The van der Waals surface area contributed by atoms with Gasteiger partial charge in [-0.25, -0.2) is 0 Å². The van der Waals surface area contributed by atoms with Crippen molar-refractivity contribution >= 4 is 0 Å². The SMILES string of the molecule is COC1=C=C([C@@H]2CCC[C@@H]3CN(Cc4ccccc4)C[C@H]32)CC=C1. The van der Waals surface area contributed by atoms with Gasteiger partial charge in [0, 0.05) is 19.6 Å². The van der Waals surface area contributed by atoms with Crippen molar-refractivity contribution in [3.05, 3.63) is 65.1 Å². The molecule has 2 fully saturated rings. The number of ether oxygens (including phenoxy) is 1. The van der Waals surface area contributed by atoms with Crippen molar-refractivity contribution < 1.29 is 4.74 Å². The van der Waals surface area contributed by atoms with E-state index in [0.29, 0.717) is 5.92 Å². The van der Waals surface area contributed by atoms with Crippen LogP contribution in [0.4, 0.5) is 0 Å². The minimum atomic E-state index is 0.694. The van der Waals surface area contributed by atoms with Crippen LogP contribution in [0.1, 0.15) is 31.2 Å². The molecule has 2 nitrogen and oxygen atoms in total. The second kappa shape index (κ2) is 7.01. The number of methoxy groups -OCH3 is 1. The Morgan fingerprint density at radius 1 is 1.17 bits per heavy atom. The Balaban J connectivity index is 1.50. The Morgan fingerprint density at radius 3 is 2.88 bits per heavy atom. The summed E-state index contributed by atoms with van der Waals surface area (Å²) in [5.74, 6) is 3.25. The zero-order chi connectivity index (χ0) is 16.4. The van der Waals surface area contributed by atoms with E-state index in [0.717, 1.165) is 30.6 Å². The maximum Gasteiger partial charge on any atom is 0.161 e. The maximum atomic E-state index is 5.41. The molecule has 0 N–H and O–H groups in total. The standard InChI is InChI=1S/C22H27NO/c1-24-20-11-5-9-18(13-20)21-12-6-10-19-15-23(16-22(19)21)14-17-7-3-2-4-8-17/h2-5,7-8,11,19,21-22H,6,9-10,12,14-16H2,1H3/t19-,21+,22-/m1/s1. The predicted molar refractivity (Wildman–Crippen MR) is 97.3 cm³/mol. The third kappa shape index (κ3) is 3.22. The van der Waals surface area contributed by atoms with Crippen LogP contribution in [0.25, 0.3) is 0 Å². The molecule has 2 heteroatoms. The summed E-state index contributed by atoms with van der Waals surface area (Å²) < 4.78 is 5.41. The summed E-state index contributed by atoms with van der Waals surface area (Å²) in [6, 6.07) is 10.9. The highest BCUT2D eigenvalue weighted by atomic mass is 16.5. The first-order valence-corrected chi connectivity index (χ1v) is 9.30. The van der Waals surface area contributed by atoms with E-state index in [4.69, 9.17) is 4.74 Å². The van der Waals surface area contributed by atoms with E-state index in [1.165, 1.54) is 43.5 Å². The lowest BCUT2D eigenvalue weighted by molar-refractivity contribution is 0.224. The largest absolute Gasteiger partial charge is 0.489 e. The van der Waals surface area contributed by atoms with E-state index in [1.54, 1.807) is 7.11 Å². The van der Waals surface area contributed by atoms with Crippen LogP contribution in [-0.2, 0) is 11.3 Å². The van der Waals surface area contributed by atoms with Gasteiger partial charge in [0.2, 0.25) is 0 Å². The van der Waals surface area contributed by atoms with Crippen molar-refractivity contribution in [2.45, 2.75) is 32.2 Å². The Bertz CT molecular complexity index is 668. The molecule has 24 heavy (non-hydrogen) atoms. The fourth-order valence-corrected chi connectivity index (χ4v) is 4.87. The first-order valence-electron chi connectivity index (χ1n) is 9.30. The highest BCUT2D eigenvalue weighted by Gasteiger charge is 2.41. The molecule has 0 unspecified atom stereocenters. The quantitative estimate of drug-likeness (QED) is 0.754. The molecule has 1 aliphatic heterocycles. The Morgan fingerprint density at radius 2 is 2.04 bits per heavy atom. The number of rotatable bonds is 4. The van der Waals surface area contributed by atoms with E-state index in [1.807, 2.05) is 0 Å². The first kappa shape index (κ1) is 15.7. The van der Waals surface area contributed by atoms with E-state index in [9.17, 15) is 0 Å². The summed E-state index contributed by atoms with van der Waals surface area (Å²) in [5.41, 5.74) is 6.47.